The average Bonchev–Trinajstić information content (AvgIpc) is 2.47. The van der Waals surface area contributed by atoms with Gasteiger partial charge in [0.1, 0.15) is 12.2 Å². The molecular weight excluding hydrogens is 293 g/mol. The number of carboxylic acid groups (broad SMARTS) is 1. The van der Waals surface area contributed by atoms with Gasteiger partial charge in [-0.25, -0.2) is 4.79 Å². The molecule has 22 heavy (non-hydrogen) atoms. The summed E-state index contributed by atoms with van der Waals surface area (Å²) in [5, 5.41) is 26.6. The van der Waals surface area contributed by atoms with E-state index in [4.69, 9.17) is 20.4 Å². The number of hydrogen-bond donors (Lipinski definition) is 1. The summed E-state index contributed by atoms with van der Waals surface area (Å²) in [4.78, 5) is 19.3. The number of amides is 1. The van der Waals surface area contributed by atoms with Gasteiger partial charge in [-0.2, -0.15) is 24.9 Å². The molecule has 1 aliphatic rings. The number of nitriles is 2. The Hall–Kier alpha value is -2.94. The Morgan fingerprint density at radius 3 is 2.95 bits per heavy atom. The minimum Gasteiger partial charge on any atom is -0.474 e. The van der Waals surface area contributed by atoms with Crippen LogP contribution in [0.1, 0.15) is 25.1 Å². The van der Waals surface area contributed by atoms with Gasteiger partial charge in [-0.1, -0.05) is 0 Å². The van der Waals surface area contributed by atoms with Crippen molar-refractivity contribution in [1.29, 1.82) is 10.5 Å². The largest absolute Gasteiger partial charge is 0.474 e. The molecule has 114 valence electrons. The number of aromatic nitrogens is 2. The van der Waals surface area contributed by atoms with Crippen LogP contribution in [0.5, 0.6) is 5.88 Å². The summed E-state index contributed by atoms with van der Waals surface area (Å²) in [5.41, 5.74) is 0. The lowest BCUT2D eigenvalue weighted by Crippen LogP contribution is -2.48. The highest BCUT2D eigenvalue weighted by molar-refractivity contribution is 5.65. The average molecular weight is 305 g/mol. The van der Waals surface area contributed by atoms with Gasteiger partial charge in [0.25, 0.3) is 0 Å². The molecule has 1 amide bonds. The first kappa shape index (κ1) is 15.4. The molecular formula is C13H12FN5O3. The number of ether oxygens (including phenoxy) is 1. The number of halogens is 1. The second-order valence-corrected chi connectivity index (χ2v) is 4.72. The fourth-order valence-corrected chi connectivity index (χ4v) is 2.35. The number of hydrogen-bond acceptors (Lipinski definition) is 6. The Labute approximate surface area is 125 Å². The Balaban J connectivity index is 2.09. The number of nitrogens with zero attached hydrogens (tertiary/aromatic N) is 5. The lowest BCUT2D eigenvalue weighted by Gasteiger charge is -2.36. The van der Waals surface area contributed by atoms with Crippen LogP contribution >= 0.6 is 0 Å². The van der Waals surface area contributed by atoms with Gasteiger partial charge in [-0.05, 0) is 0 Å². The zero-order valence-electron chi connectivity index (χ0n) is 11.4. The highest BCUT2D eigenvalue weighted by atomic mass is 19.1. The predicted octanol–water partition coefficient (Wildman–Crippen LogP) is 1.29. The first-order valence-corrected chi connectivity index (χ1v) is 6.51. The summed E-state index contributed by atoms with van der Waals surface area (Å²) in [6.07, 6.45) is -0.753. The topological polar surface area (TPSA) is 123 Å². The Bertz CT molecular complexity index is 654. The first-order valence-electron chi connectivity index (χ1n) is 6.51. The van der Waals surface area contributed by atoms with Crippen LogP contribution in [0, 0.1) is 28.6 Å². The summed E-state index contributed by atoms with van der Waals surface area (Å²) >= 11 is 0. The Morgan fingerprint density at radius 1 is 1.55 bits per heavy atom. The lowest BCUT2D eigenvalue weighted by molar-refractivity contribution is 0.0537. The number of likely N-dealkylation sites (tertiary alicyclic amines) is 1. The van der Waals surface area contributed by atoms with Gasteiger partial charge >= 0.3 is 6.09 Å². The molecule has 0 spiro atoms. The molecule has 1 N–H and O–H groups in total. The van der Waals surface area contributed by atoms with Gasteiger partial charge in [-0.3, -0.25) is 0 Å². The highest BCUT2D eigenvalue weighted by Gasteiger charge is 2.32. The zero-order valence-corrected chi connectivity index (χ0v) is 11.4. The number of carbonyl (C=O) groups is 1. The van der Waals surface area contributed by atoms with E-state index in [2.05, 4.69) is 9.97 Å². The second kappa shape index (κ2) is 6.68. The minimum absolute atomic E-state index is 0.0493. The standard InChI is InChI=1S/C13H12FN5O3/c14-10-6-12(18-11(7-16)17-10)22-9-2-4-19(13(20)21)8(5-9)1-3-15/h6,8-9H,1-2,4-5H2,(H,20,21)/t8-,9+/m1/s1. The summed E-state index contributed by atoms with van der Waals surface area (Å²) in [7, 11) is 0. The van der Waals surface area contributed by atoms with Gasteiger partial charge < -0.3 is 14.7 Å². The van der Waals surface area contributed by atoms with Crippen LogP contribution in [0.2, 0.25) is 0 Å². The first-order chi connectivity index (χ1) is 10.5. The van der Waals surface area contributed by atoms with Gasteiger partial charge in [-0.15, -0.1) is 0 Å². The van der Waals surface area contributed by atoms with Crippen LogP contribution in [0.3, 0.4) is 0 Å². The molecule has 0 unspecified atom stereocenters. The molecule has 1 fully saturated rings. The van der Waals surface area contributed by atoms with Crippen LogP contribution < -0.4 is 4.74 Å². The van der Waals surface area contributed by atoms with E-state index < -0.39 is 24.2 Å². The molecule has 0 aromatic carbocycles. The SMILES string of the molecule is N#CC[C@@H]1C[C@@H](Oc2cc(F)nc(C#N)n2)CCN1C(=O)O. The van der Waals surface area contributed by atoms with Gasteiger partial charge in [0.2, 0.25) is 17.7 Å². The molecule has 1 aliphatic heterocycles. The van der Waals surface area contributed by atoms with Crippen LogP contribution in [-0.4, -0.2) is 44.8 Å². The maximum Gasteiger partial charge on any atom is 0.407 e. The minimum atomic E-state index is -1.08. The lowest BCUT2D eigenvalue weighted by atomic mass is 9.97. The Morgan fingerprint density at radius 2 is 2.32 bits per heavy atom. The van der Waals surface area contributed by atoms with E-state index in [9.17, 15) is 9.18 Å². The summed E-state index contributed by atoms with van der Waals surface area (Å²) in [6.45, 7) is 0.213. The van der Waals surface area contributed by atoms with Crippen molar-refractivity contribution in [2.45, 2.75) is 31.4 Å². The van der Waals surface area contributed by atoms with Crippen molar-refractivity contribution in [2.24, 2.45) is 0 Å². The maximum atomic E-state index is 13.2. The molecule has 9 heteroatoms. The molecule has 0 aliphatic carbocycles. The van der Waals surface area contributed by atoms with E-state index in [0.717, 1.165) is 6.07 Å². The number of rotatable bonds is 3. The van der Waals surface area contributed by atoms with E-state index in [1.165, 1.54) is 4.90 Å². The summed E-state index contributed by atoms with van der Waals surface area (Å²) in [6, 6.07) is 4.05. The van der Waals surface area contributed by atoms with E-state index in [0.29, 0.717) is 12.8 Å². The van der Waals surface area contributed by atoms with Crippen molar-refractivity contribution < 1.29 is 19.0 Å². The maximum absolute atomic E-state index is 13.2. The molecule has 1 aromatic heterocycles. The van der Waals surface area contributed by atoms with Crippen molar-refractivity contribution in [3.8, 4) is 18.0 Å². The molecule has 0 saturated carbocycles. The smallest absolute Gasteiger partial charge is 0.407 e. The molecule has 1 saturated heterocycles. The summed E-state index contributed by atoms with van der Waals surface area (Å²) in [5.74, 6) is -1.29. The molecule has 0 radical (unpaired) electrons. The monoisotopic (exact) mass is 305 g/mol. The fraction of sp³-hybridized carbons (Fsp3) is 0.462. The van der Waals surface area contributed by atoms with Crippen molar-refractivity contribution in [2.75, 3.05) is 6.54 Å². The van der Waals surface area contributed by atoms with Gasteiger partial charge in [0.15, 0.2) is 0 Å². The predicted molar refractivity (Wildman–Crippen MR) is 69.1 cm³/mol. The van der Waals surface area contributed by atoms with Crippen molar-refractivity contribution >= 4 is 6.09 Å². The third kappa shape index (κ3) is 3.58. The van der Waals surface area contributed by atoms with E-state index in [-0.39, 0.29) is 24.7 Å². The van der Waals surface area contributed by atoms with Crippen molar-refractivity contribution in [1.82, 2.24) is 14.9 Å². The molecule has 0 bridgehead atoms. The van der Waals surface area contributed by atoms with Crippen molar-refractivity contribution in [3.63, 3.8) is 0 Å². The van der Waals surface area contributed by atoms with Gasteiger partial charge in [0, 0.05) is 19.4 Å². The molecule has 2 atom stereocenters. The van der Waals surface area contributed by atoms with Gasteiger partial charge in [0.05, 0.1) is 24.6 Å². The fourth-order valence-electron chi connectivity index (χ4n) is 2.35. The van der Waals surface area contributed by atoms with Crippen LogP contribution in [0.15, 0.2) is 6.07 Å². The van der Waals surface area contributed by atoms with E-state index in [1.807, 2.05) is 6.07 Å². The molecule has 2 heterocycles. The van der Waals surface area contributed by atoms with Crippen LogP contribution in [-0.2, 0) is 0 Å². The molecule has 8 nitrogen and oxygen atoms in total. The third-order valence-corrected chi connectivity index (χ3v) is 3.30. The number of piperidine rings is 1. The molecule has 2 rings (SSSR count). The quantitative estimate of drug-likeness (QED) is 0.834. The third-order valence-electron chi connectivity index (χ3n) is 3.30. The van der Waals surface area contributed by atoms with Crippen LogP contribution in [0.25, 0.3) is 0 Å². The zero-order chi connectivity index (χ0) is 16.1. The molecule has 1 aromatic rings. The Kier molecular flexibility index (Phi) is 4.69. The summed E-state index contributed by atoms with van der Waals surface area (Å²) < 4.78 is 18.7. The van der Waals surface area contributed by atoms with Crippen molar-refractivity contribution in [3.05, 3.63) is 17.8 Å². The van der Waals surface area contributed by atoms with E-state index in [1.54, 1.807) is 6.07 Å². The van der Waals surface area contributed by atoms with E-state index >= 15 is 0 Å². The normalized spacial score (nSPS) is 20.8. The van der Waals surface area contributed by atoms with Crippen LogP contribution in [0.4, 0.5) is 9.18 Å². The highest BCUT2D eigenvalue weighted by Crippen LogP contribution is 2.24. The second-order valence-electron chi connectivity index (χ2n) is 4.72.